The summed E-state index contributed by atoms with van der Waals surface area (Å²) >= 11 is 1.51. The lowest BCUT2D eigenvalue weighted by Gasteiger charge is -2.07. The van der Waals surface area contributed by atoms with Gasteiger partial charge in [-0.1, -0.05) is 0 Å². The summed E-state index contributed by atoms with van der Waals surface area (Å²) in [5.74, 6) is 0. The molecule has 0 saturated carbocycles. The summed E-state index contributed by atoms with van der Waals surface area (Å²) in [5, 5.41) is 24.4. The van der Waals surface area contributed by atoms with Crippen LogP contribution < -0.4 is 5.32 Å². The fourth-order valence-electron chi connectivity index (χ4n) is 1.67. The van der Waals surface area contributed by atoms with Gasteiger partial charge < -0.3 is 5.32 Å². The average Bonchev–Trinajstić information content (AvgIpc) is 2.85. The number of hydrogen-bond acceptors (Lipinski definition) is 5. The smallest absolute Gasteiger partial charge is 0.269 e. The van der Waals surface area contributed by atoms with Crippen LogP contribution in [0.5, 0.6) is 0 Å². The van der Waals surface area contributed by atoms with Crippen molar-refractivity contribution in [1.82, 2.24) is 0 Å². The molecule has 19 heavy (non-hydrogen) atoms. The van der Waals surface area contributed by atoms with Crippen LogP contribution in [0.25, 0.3) is 0 Å². The zero-order valence-electron chi connectivity index (χ0n) is 10.2. The second kappa shape index (κ2) is 5.50. The number of nitriles is 1. The molecule has 0 spiro atoms. The van der Waals surface area contributed by atoms with Gasteiger partial charge in [-0.2, -0.15) is 5.26 Å². The molecule has 0 atom stereocenters. The summed E-state index contributed by atoms with van der Waals surface area (Å²) in [5.41, 5.74) is 2.43. The lowest BCUT2D eigenvalue weighted by Crippen LogP contribution is -2.00. The number of hydrogen-bond donors (Lipinski definition) is 1. The first-order chi connectivity index (χ1) is 9.10. The lowest BCUT2D eigenvalue weighted by molar-refractivity contribution is -0.384. The van der Waals surface area contributed by atoms with Crippen LogP contribution in [0.1, 0.15) is 16.0 Å². The van der Waals surface area contributed by atoms with E-state index in [2.05, 4.69) is 11.4 Å². The van der Waals surface area contributed by atoms with Gasteiger partial charge in [-0.15, -0.1) is 11.3 Å². The number of non-ortho nitro benzene ring substituents is 1. The minimum Gasteiger partial charge on any atom is -0.380 e. The summed E-state index contributed by atoms with van der Waals surface area (Å²) in [6, 6.07) is 8.63. The van der Waals surface area contributed by atoms with Crippen molar-refractivity contribution >= 4 is 22.7 Å². The lowest BCUT2D eigenvalue weighted by atomic mass is 10.2. The Labute approximate surface area is 114 Å². The Kier molecular flexibility index (Phi) is 3.78. The van der Waals surface area contributed by atoms with E-state index in [0.717, 1.165) is 16.1 Å². The second-order valence-corrected chi connectivity index (χ2v) is 5.02. The number of benzene rings is 1. The van der Waals surface area contributed by atoms with Crippen LogP contribution in [0, 0.1) is 28.4 Å². The number of nitrogens with zero attached hydrogens (tertiary/aromatic N) is 2. The highest BCUT2D eigenvalue weighted by molar-refractivity contribution is 7.10. The van der Waals surface area contributed by atoms with Gasteiger partial charge in [-0.25, -0.2) is 0 Å². The number of nitro groups is 1. The summed E-state index contributed by atoms with van der Waals surface area (Å²) in [6.07, 6.45) is 0. The van der Waals surface area contributed by atoms with E-state index in [1.54, 1.807) is 11.4 Å². The molecule has 5 nitrogen and oxygen atoms in total. The van der Waals surface area contributed by atoms with E-state index in [-0.39, 0.29) is 5.69 Å². The van der Waals surface area contributed by atoms with E-state index in [1.165, 1.54) is 23.5 Å². The van der Waals surface area contributed by atoms with Crippen LogP contribution in [0.2, 0.25) is 0 Å². The van der Waals surface area contributed by atoms with Crippen LogP contribution in [0.15, 0.2) is 29.6 Å². The second-order valence-electron chi connectivity index (χ2n) is 4.02. The topological polar surface area (TPSA) is 79.0 Å². The fraction of sp³-hybridized carbons (Fsp3) is 0.154. The van der Waals surface area contributed by atoms with E-state index in [0.29, 0.717) is 12.1 Å². The number of nitro benzene ring substituents is 1. The van der Waals surface area contributed by atoms with Gasteiger partial charge in [0.15, 0.2) is 0 Å². The third kappa shape index (κ3) is 3.09. The number of thiophene rings is 1. The first-order valence-electron chi connectivity index (χ1n) is 5.56. The molecule has 0 bridgehead atoms. The van der Waals surface area contributed by atoms with Gasteiger partial charge in [0.2, 0.25) is 0 Å². The Morgan fingerprint density at radius 3 is 2.84 bits per heavy atom. The number of anilines is 1. The van der Waals surface area contributed by atoms with E-state index < -0.39 is 4.92 Å². The molecule has 1 heterocycles. The Bertz CT molecular complexity index is 658. The Morgan fingerprint density at radius 2 is 2.26 bits per heavy atom. The highest BCUT2D eigenvalue weighted by Crippen LogP contribution is 2.22. The van der Waals surface area contributed by atoms with E-state index >= 15 is 0 Å². The van der Waals surface area contributed by atoms with Gasteiger partial charge in [0.1, 0.15) is 6.07 Å². The minimum atomic E-state index is -0.407. The maximum absolute atomic E-state index is 10.6. The summed E-state index contributed by atoms with van der Waals surface area (Å²) in [6.45, 7) is 2.43. The molecule has 0 radical (unpaired) electrons. The molecule has 2 aromatic rings. The molecule has 0 fully saturated rings. The van der Waals surface area contributed by atoms with E-state index in [4.69, 9.17) is 5.26 Å². The first-order valence-corrected chi connectivity index (χ1v) is 6.44. The van der Waals surface area contributed by atoms with Gasteiger partial charge >= 0.3 is 0 Å². The Hall–Kier alpha value is -2.39. The van der Waals surface area contributed by atoms with Crippen molar-refractivity contribution in [3.05, 3.63) is 55.8 Å². The molecule has 1 N–H and O–H groups in total. The predicted molar refractivity (Wildman–Crippen MR) is 74.2 cm³/mol. The van der Waals surface area contributed by atoms with Gasteiger partial charge in [-0.3, -0.25) is 10.1 Å². The molecule has 6 heteroatoms. The normalized spacial score (nSPS) is 9.89. The van der Waals surface area contributed by atoms with Crippen molar-refractivity contribution in [3.8, 4) is 6.07 Å². The third-order valence-corrected chi connectivity index (χ3v) is 3.59. The highest BCUT2D eigenvalue weighted by Gasteiger charge is 2.08. The largest absolute Gasteiger partial charge is 0.380 e. The average molecular weight is 273 g/mol. The maximum atomic E-state index is 10.6. The van der Waals surface area contributed by atoms with Gasteiger partial charge in [-0.05, 0) is 24.6 Å². The van der Waals surface area contributed by atoms with Gasteiger partial charge in [0.25, 0.3) is 5.69 Å². The number of rotatable bonds is 4. The summed E-state index contributed by atoms with van der Waals surface area (Å²) in [7, 11) is 0. The zero-order valence-corrected chi connectivity index (χ0v) is 11.0. The van der Waals surface area contributed by atoms with Crippen LogP contribution in [-0.2, 0) is 6.54 Å². The molecule has 0 unspecified atom stereocenters. The molecule has 0 amide bonds. The molecule has 0 aliphatic rings. The van der Waals surface area contributed by atoms with Crippen LogP contribution >= 0.6 is 11.3 Å². The summed E-state index contributed by atoms with van der Waals surface area (Å²) < 4.78 is 0. The molecule has 1 aromatic carbocycles. The van der Waals surface area contributed by atoms with Gasteiger partial charge in [0, 0.05) is 34.6 Å². The van der Waals surface area contributed by atoms with Crippen LogP contribution in [0.4, 0.5) is 11.4 Å². The standard InChI is InChI=1S/C13H11N3O2S/c1-9-4-11(16(17)18)2-3-13(9)15-7-12-5-10(6-14)8-19-12/h2-5,8,15H,7H2,1H3. The fourth-order valence-corrected chi connectivity index (χ4v) is 2.42. The molecule has 0 aliphatic heterocycles. The number of nitrogens with one attached hydrogen (secondary N) is 1. The maximum Gasteiger partial charge on any atom is 0.269 e. The quantitative estimate of drug-likeness (QED) is 0.683. The molecule has 2 rings (SSSR count). The molecular formula is C13H11N3O2S. The molecular weight excluding hydrogens is 262 g/mol. The summed E-state index contributed by atoms with van der Waals surface area (Å²) in [4.78, 5) is 11.3. The Balaban J connectivity index is 2.07. The van der Waals surface area contributed by atoms with Gasteiger partial charge in [0.05, 0.1) is 10.5 Å². The zero-order chi connectivity index (χ0) is 13.8. The predicted octanol–water partition coefficient (Wildman–Crippen LogP) is 3.45. The molecule has 1 aromatic heterocycles. The monoisotopic (exact) mass is 273 g/mol. The van der Waals surface area contributed by atoms with Crippen LogP contribution in [0.3, 0.4) is 0 Å². The number of aryl methyl sites for hydroxylation is 1. The molecule has 96 valence electrons. The van der Waals surface area contributed by atoms with Crippen molar-refractivity contribution in [1.29, 1.82) is 5.26 Å². The highest BCUT2D eigenvalue weighted by atomic mass is 32.1. The first kappa shape index (κ1) is 13.1. The van der Waals surface area contributed by atoms with Crippen LogP contribution in [-0.4, -0.2) is 4.92 Å². The Morgan fingerprint density at radius 1 is 1.47 bits per heavy atom. The van der Waals surface area contributed by atoms with Crippen molar-refractivity contribution in [2.45, 2.75) is 13.5 Å². The molecule has 0 aliphatic carbocycles. The van der Waals surface area contributed by atoms with Crippen molar-refractivity contribution < 1.29 is 4.92 Å². The molecule has 0 saturated heterocycles. The van der Waals surface area contributed by atoms with Crippen molar-refractivity contribution in [2.24, 2.45) is 0 Å². The van der Waals surface area contributed by atoms with E-state index in [1.807, 2.05) is 13.0 Å². The SMILES string of the molecule is Cc1cc([N+](=O)[O-])ccc1NCc1cc(C#N)cs1. The minimum absolute atomic E-state index is 0.0888. The van der Waals surface area contributed by atoms with E-state index in [9.17, 15) is 10.1 Å². The van der Waals surface area contributed by atoms with Crippen molar-refractivity contribution in [2.75, 3.05) is 5.32 Å². The van der Waals surface area contributed by atoms with Crippen molar-refractivity contribution in [3.63, 3.8) is 0 Å². The third-order valence-electron chi connectivity index (χ3n) is 2.66.